The number of nitrogens with zero attached hydrogens (tertiary/aromatic N) is 2. The fourth-order valence-corrected chi connectivity index (χ4v) is 14.1. The van der Waals surface area contributed by atoms with Gasteiger partial charge >= 0.3 is 0 Å². The van der Waals surface area contributed by atoms with Crippen molar-refractivity contribution in [1.82, 2.24) is 0 Å². The Morgan fingerprint density at radius 3 is 1.47 bits per heavy atom. The Kier molecular flexibility index (Phi) is 7.85. The van der Waals surface area contributed by atoms with Crippen molar-refractivity contribution in [2.45, 2.75) is 175 Å². The Balaban J connectivity index is 1.32. The summed E-state index contributed by atoms with van der Waals surface area (Å²) in [6, 6.07) is 30.4. The van der Waals surface area contributed by atoms with Crippen LogP contribution in [-0.4, -0.2) is 6.71 Å². The maximum Gasteiger partial charge on any atom is 0.252 e. The van der Waals surface area contributed by atoms with Crippen molar-refractivity contribution in [2.24, 2.45) is 0 Å². The first-order chi connectivity index (χ1) is 27.6. The van der Waals surface area contributed by atoms with Gasteiger partial charge in [-0.3, -0.25) is 0 Å². The fourth-order valence-electron chi connectivity index (χ4n) is 14.1. The molecule has 0 radical (unpaired) electrons. The Hall–Kier alpha value is -4.24. The van der Waals surface area contributed by atoms with E-state index in [0.717, 1.165) is 19.3 Å². The third kappa shape index (κ3) is 5.45. The maximum absolute atomic E-state index is 2.69. The van der Waals surface area contributed by atoms with E-state index < -0.39 is 0 Å². The summed E-state index contributed by atoms with van der Waals surface area (Å²) in [6.45, 7) is 41.4. The molecule has 0 unspecified atom stereocenters. The summed E-state index contributed by atoms with van der Waals surface area (Å²) in [5.74, 6) is 0. The summed E-state index contributed by atoms with van der Waals surface area (Å²) in [7, 11) is 0. The monoisotopic (exact) mass is 793 g/mol. The van der Waals surface area contributed by atoms with E-state index in [-0.39, 0.29) is 44.6 Å². The molecule has 3 aliphatic carbocycles. The molecule has 0 atom stereocenters. The molecule has 10 rings (SSSR count). The van der Waals surface area contributed by atoms with Crippen LogP contribution in [0.25, 0.3) is 0 Å². The standard InChI is InChI=1S/C57H69BN2/c1-33-22-48-50-49(23-33)60(46-28-41-38(24-34(46)2)53(8,9)31-56(41,14)15)45-21-18-35(51(3,4)5)25-43(45)58(50)44-27-40-42(57(16,17)32-55(40,12)13)29-47(44)59(48)36-19-20-37-39(26-36)54(10,11)30-52(37,6)7/h18-29H,30-32H2,1-17H3. The van der Waals surface area contributed by atoms with Gasteiger partial charge < -0.3 is 9.80 Å². The second kappa shape index (κ2) is 11.8. The van der Waals surface area contributed by atoms with Gasteiger partial charge in [0, 0.05) is 34.1 Å². The third-order valence-electron chi connectivity index (χ3n) is 16.1. The quantitative estimate of drug-likeness (QED) is 0.161. The molecule has 0 aromatic heterocycles. The number of benzene rings is 5. The van der Waals surface area contributed by atoms with Crippen molar-refractivity contribution < 1.29 is 0 Å². The van der Waals surface area contributed by atoms with Crippen LogP contribution in [0.5, 0.6) is 0 Å². The average Bonchev–Trinajstić information content (AvgIpc) is 3.52. The van der Waals surface area contributed by atoms with Crippen LogP contribution in [0.1, 0.15) is 173 Å². The van der Waals surface area contributed by atoms with Gasteiger partial charge in [-0.05, 0) is 180 Å². The molecule has 0 N–H and O–H groups in total. The zero-order chi connectivity index (χ0) is 43.2. The predicted molar refractivity (Wildman–Crippen MR) is 261 cm³/mol. The van der Waals surface area contributed by atoms with Gasteiger partial charge in [0.2, 0.25) is 0 Å². The van der Waals surface area contributed by atoms with Crippen molar-refractivity contribution in [3.63, 3.8) is 0 Å². The van der Waals surface area contributed by atoms with E-state index in [1.165, 1.54) is 101 Å². The van der Waals surface area contributed by atoms with Gasteiger partial charge in [0.1, 0.15) is 0 Å². The lowest BCUT2D eigenvalue weighted by Gasteiger charge is -2.46. The number of hydrogen-bond acceptors (Lipinski definition) is 2. The predicted octanol–water partition coefficient (Wildman–Crippen LogP) is 13.6. The van der Waals surface area contributed by atoms with Crippen LogP contribution in [0.4, 0.5) is 34.1 Å². The lowest BCUT2D eigenvalue weighted by atomic mass is 9.33. The van der Waals surface area contributed by atoms with Crippen molar-refractivity contribution in [3.8, 4) is 0 Å². The molecule has 0 fully saturated rings. The van der Waals surface area contributed by atoms with Crippen molar-refractivity contribution in [1.29, 1.82) is 0 Å². The zero-order valence-electron chi connectivity index (χ0n) is 40.0. The highest BCUT2D eigenvalue weighted by Gasteiger charge is 2.50. The minimum Gasteiger partial charge on any atom is -0.311 e. The zero-order valence-corrected chi connectivity index (χ0v) is 40.0. The van der Waals surface area contributed by atoms with E-state index >= 15 is 0 Å². The first kappa shape index (κ1) is 39.9. The molecule has 2 aliphatic heterocycles. The molecule has 0 saturated carbocycles. The van der Waals surface area contributed by atoms with E-state index in [9.17, 15) is 0 Å². The second-order valence-electron chi connectivity index (χ2n) is 25.0. The molecular weight excluding hydrogens is 723 g/mol. The number of aryl methyl sites for hydroxylation is 2. The van der Waals surface area contributed by atoms with E-state index in [1.54, 1.807) is 0 Å². The minimum absolute atomic E-state index is 0.00775. The highest BCUT2D eigenvalue weighted by atomic mass is 15.2. The van der Waals surface area contributed by atoms with Gasteiger partial charge in [0.25, 0.3) is 6.71 Å². The number of rotatable bonds is 2. The highest BCUT2D eigenvalue weighted by Crippen LogP contribution is 2.56. The fraction of sp³-hybridized carbons (Fsp3) is 0.474. The lowest BCUT2D eigenvalue weighted by Crippen LogP contribution is -2.61. The van der Waals surface area contributed by atoms with Gasteiger partial charge in [0.15, 0.2) is 0 Å². The van der Waals surface area contributed by atoms with Crippen LogP contribution in [0, 0.1) is 13.8 Å². The van der Waals surface area contributed by atoms with Crippen LogP contribution >= 0.6 is 0 Å². The smallest absolute Gasteiger partial charge is 0.252 e. The van der Waals surface area contributed by atoms with E-state index in [2.05, 4.69) is 200 Å². The number of fused-ring (bicyclic) bond motifs is 7. The molecule has 5 aromatic carbocycles. The molecule has 310 valence electrons. The second-order valence-corrected chi connectivity index (χ2v) is 25.0. The van der Waals surface area contributed by atoms with Gasteiger partial charge in [-0.25, -0.2) is 0 Å². The molecule has 2 heterocycles. The largest absolute Gasteiger partial charge is 0.311 e. The molecule has 5 aliphatic rings. The SMILES string of the molecule is Cc1cc2c3c(c1)N(c1cc4c(cc1C)C(C)(C)CC4(C)C)c1ccc(C(C)(C)C)cc1B3c1cc3c(cc1N2c1ccc2c(c1)C(C)(C)CC2(C)C)C(C)(C)CC3(C)C. The van der Waals surface area contributed by atoms with Crippen molar-refractivity contribution in [3.05, 3.63) is 123 Å². The Morgan fingerprint density at radius 1 is 0.433 bits per heavy atom. The summed E-state index contributed by atoms with van der Waals surface area (Å²) in [6.07, 6.45) is 3.46. The van der Waals surface area contributed by atoms with Gasteiger partial charge in [0.05, 0.1) is 0 Å². The van der Waals surface area contributed by atoms with Crippen LogP contribution in [0.3, 0.4) is 0 Å². The van der Waals surface area contributed by atoms with Gasteiger partial charge in [-0.15, -0.1) is 0 Å². The van der Waals surface area contributed by atoms with E-state index in [0.29, 0.717) is 0 Å². The molecule has 0 spiro atoms. The summed E-state index contributed by atoms with van der Waals surface area (Å²) >= 11 is 0. The third-order valence-corrected chi connectivity index (χ3v) is 16.1. The average molecular weight is 793 g/mol. The molecule has 3 heteroatoms. The minimum atomic E-state index is 0.00775. The maximum atomic E-state index is 2.69. The first-order valence-corrected chi connectivity index (χ1v) is 23.0. The summed E-state index contributed by atoms with van der Waals surface area (Å²) in [5.41, 5.74) is 25.9. The molecule has 2 nitrogen and oxygen atoms in total. The normalized spacial score (nSPS) is 21.2. The molecule has 0 saturated heterocycles. The molecule has 5 aromatic rings. The van der Waals surface area contributed by atoms with Crippen molar-refractivity contribution in [2.75, 3.05) is 9.80 Å². The lowest BCUT2D eigenvalue weighted by molar-refractivity contribution is 0.402. The van der Waals surface area contributed by atoms with Crippen molar-refractivity contribution >= 4 is 57.2 Å². The topological polar surface area (TPSA) is 6.48 Å². The summed E-state index contributed by atoms with van der Waals surface area (Å²) < 4.78 is 0. The van der Waals surface area contributed by atoms with Crippen LogP contribution < -0.4 is 26.2 Å². The Bertz CT molecular complexity index is 2710. The van der Waals surface area contributed by atoms with Crippen LogP contribution in [0.2, 0.25) is 0 Å². The van der Waals surface area contributed by atoms with Gasteiger partial charge in [-0.2, -0.15) is 0 Å². The Morgan fingerprint density at radius 2 is 0.900 bits per heavy atom. The molecule has 60 heavy (non-hydrogen) atoms. The van der Waals surface area contributed by atoms with E-state index in [4.69, 9.17) is 0 Å². The first-order valence-electron chi connectivity index (χ1n) is 23.0. The summed E-state index contributed by atoms with van der Waals surface area (Å²) in [4.78, 5) is 5.37. The number of anilines is 6. The highest BCUT2D eigenvalue weighted by molar-refractivity contribution is 7.00. The van der Waals surface area contributed by atoms with Crippen LogP contribution in [0.15, 0.2) is 72.8 Å². The molecule has 0 bridgehead atoms. The van der Waals surface area contributed by atoms with E-state index in [1.807, 2.05) is 0 Å². The van der Waals surface area contributed by atoms with Gasteiger partial charge in [-0.1, -0.05) is 134 Å². The Labute approximate surface area is 363 Å². The molecule has 0 amide bonds. The number of hydrogen-bond donors (Lipinski definition) is 0. The summed E-state index contributed by atoms with van der Waals surface area (Å²) in [5, 5.41) is 0. The van der Waals surface area contributed by atoms with Crippen LogP contribution in [-0.2, 0) is 37.9 Å². The molecular formula is C57H69BN2.